The van der Waals surface area contributed by atoms with Gasteiger partial charge in [0.15, 0.2) is 5.11 Å². The molecule has 1 saturated carbocycles. The molecule has 3 rings (SSSR count). The molecule has 0 unspecified atom stereocenters. The van der Waals surface area contributed by atoms with Gasteiger partial charge in [0.2, 0.25) is 0 Å². The molecule has 0 spiro atoms. The van der Waals surface area contributed by atoms with Crippen LogP contribution >= 0.6 is 23.6 Å². The van der Waals surface area contributed by atoms with Crippen LogP contribution in [0.1, 0.15) is 23.8 Å². The molecular formula is C12H13N3S2. The first-order valence-electron chi connectivity index (χ1n) is 5.65. The summed E-state index contributed by atoms with van der Waals surface area (Å²) >= 11 is 6.88. The SMILES string of the molecule is CNC(=S)Nc1ccc2nc(C3CC3)sc2c1. The van der Waals surface area contributed by atoms with Crippen molar-refractivity contribution in [3.05, 3.63) is 23.2 Å². The molecule has 1 heterocycles. The Morgan fingerprint density at radius 3 is 3.00 bits per heavy atom. The van der Waals surface area contributed by atoms with Crippen LogP contribution in [0.4, 0.5) is 5.69 Å². The quantitative estimate of drug-likeness (QED) is 0.816. The minimum absolute atomic E-state index is 0.635. The summed E-state index contributed by atoms with van der Waals surface area (Å²) in [5, 5.41) is 7.96. The van der Waals surface area contributed by atoms with Crippen molar-refractivity contribution < 1.29 is 0 Å². The van der Waals surface area contributed by atoms with E-state index in [-0.39, 0.29) is 0 Å². The average Bonchev–Trinajstić information content (AvgIpc) is 3.09. The van der Waals surface area contributed by atoms with E-state index in [1.165, 1.54) is 22.5 Å². The zero-order valence-electron chi connectivity index (χ0n) is 9.49. The second-order valence-electron chi connectivity index (χ2n) is 4.21. The molecule has 1 aromatic carbocycles. The average molecular weight is 263 g/mol. The minimum atomic E-state index is 0.635. The van der Waals surface area contributed by atoms with Gasteiger partial charge >= 0.3 is 0 Å². The lowest BCUT2D eigenvalue weighted by Gasteiger charge is -2.06. The zero-order valence-corrected chi connectivity index (χ0v) is 11.1. The van der Waals surface area contributed by atoms with E-state index in [0.717, 1.165) is 17.1 Å². The molecule has 0 atom stereocenters. The third kappa shape index (κ3) is 2.25. The van der Waals surface area contributed by atoms with Crippen LogP contribution in [0.5, 0.6) is 0 Å². The third-order valence-electron chi connectivity index (χ3n) is 2.82. The summed E-state index contributed by atoms with van der Waals surface area (Å²) in [5.74, 6) is 0.724. The van der Waals surface area contributed by atoms with Crippen LogP contribution < -0.4 is 10.6 Å². The third-order valence-corrected chi connectivity index (χ3v) is 4.30. The summed E-state index contributed by atoms with van der Waals surface area (Å²) in [6, 6.07) is 6.18. The number of hydrogen-bond donors (Lipinski definition) is 2. The summed E-state index contributed by atoms with van der Waals surface area (Å²) in [6.07, 6.45) is 2.60. The number of fused-ring (bicyclic) bond motifs is 1. The van der Waals surface area contributed by atoms with Crippen LogP contribution in [0.15, 0.2) is 18.2 Å². The van der Waals surface area contributed by atoms with E-state index in [1.807, 2.05) is 13.1 Å². The highest BCUT2D eigenvalue weighted by atomic mass is 32.1. The Balaban J connectivity index is 1.91. The number of thiazole rings is 1. The summed E-state index contributed by atoms with van der Waals surface area (Å²) in [6.45, 7) is 0. The predicted octanol–water partition coefficient (Wildman–Crippen LogP) is 3.09. The maximum absolute atomic E-state index is 5.08. The molecule has 2 N–H and O–H groups in total. The molecular weight excluding hydrogens is 250 g/mol. The van der Waals surface area contributed by atoms with Crippen LogP contribution in [0.25, 0.3) is 10.2 Å². The maximum atomic E-state index is 5.08. The fraction of sp³-hybridized carbons (Fsp3) is 0.333. The molecule has 2 aromatic rings. The Morgan fingerprint density at radius 1 is 1.47 bits per heavy atom. The first-order chi connectivity index (χ1) is 8.26. The van der Waals surface area contributed by atoms with Crippen molar-refractivity contribution in [3.8, 4) is 0 Å². The summed E-state index contributed by atoms with van der Waals surface area (Å²) in [4.78, 5) is 4.66. The number of aromatic nitrogens is 1. The highest BCUT2D eigenvalue weighted by Gasteiger charge is 2.26. The van der Waals surface area contributed by atoms with Crippen LogP contribution in [-0.2, 0) is 0 Å². The number of nitrogens with one attached hydrogen (secondary N) is 2. The van der Waals surface area contributed by atoms with Crippen molar-refractivity contribution in [1.82, 2.24) is 10.3 Å². The summed E-state index contributed by atoms with van der Waals surface area (Å²) in [5.41, 5.74) is 2.11. The van der Waals surface area contributed by atoms with Gasteiger partial charge in [0.1, 0.15) is 0 Å². The molecule has 0 aliphatic heterocycles. The lowest BCUT2D eigenvalue weighted by atomic mass is 10.3. The Kier molecular flexibility index (Phi) is 2.72. The molecule has 3 nitrogen and oxygen atoms in total. The molecule has 88 valence electrons. The molecule has 0 radical (unpaired) electrons. The molecule has 17 heavy (non-hydrogen) atoms. The topological polar surface area (TPSA) is 37.0 Å². The van der Waals surface area contributed by atoms with E-state index in [2.05, 4.69) is 27.8 Å². The van der Waals surface area contributed by atoms with Gasteiger partial charge in [-0.1, -0.05) is 0 Å². The first-order valence-corrected chi connectivity index (χ1v) is 6.88. The Hall–Kier alpha value is -1.20. The van der Waals surface area contributed by atoms with E-state index >= 15 is 0 Å². The van der Waals surface area contributed by atoms with Gasteiger partial charge in [-0.15, -0.1) is 11.3 Å². The van der Waals surface area contributed by atoms with E-state index in [9.17, 15) is 0 Å². The Morgan fingerprint density at radius 2 is 2.29 bits per heavy atom. The number of anilines is 1. The van der Waals surface area contributed by atoms with E-state index in [1.54, 1.807) is 11.3 Å². The normalized spacial score (nSPS) is 14.9. The molecule has 1 aliphatic rings. The van der Waals surface area contributed by atoms with Crippen LogP contribution in [0, 0.1) is 0 Å². The largest absolute Gasteiger partial charge is 0.366 e. The lowest BCUT2D eigenvalue weighted by molar-refractivity contribution is 1.10. The molecule has 1 fully saturated rings. The molecule has 0 bridgehead atoms. The molecule has 1 aliphatic carbocycles. The van der Waals surface area contributed by atoms with Gasteiger partial charge in [0.05, 0.1) is 15.2 Å². The molecule has 0 amide bonds. The second kappa shape index (κ2) is 4.23. The lowest BCUT2D eigenvalue weighted by Crippen LogP contribution is -2.23. The zero-order chi connectivity index (χ0) is 11.8. The van der Waals surface area contributed by atoms with Gasteiger partial charge in [0.25, 0.3) is 0 Å². The van der Waals surface area contributed by atoms with Gasteiger partial charge in [-0.2, -0.15) is 0 Å². The van der Waals surface area contributed by atoms with E-state index in [4.69, 9.17) is 12.2 Å². The Bertz CT molecular complexity index is 572. The standard InChI is InChI=1S/C12H13N3S2/c1-13-12(16)14-8-4-5-9-10(6-8)17-11(15-9)7-2-3-7/h4-7H,2-3H2,1H3,(H2,13,14,16). The van der Waals surface area contributed by atoms with Gasteiger partial charge in [-0.25, -0.2) is 4.98 Å². The number of thiocarbonyl (C=S) groups is 1. The van der Waals surface area contributed by atoms with Crippen LogP contribution in [-0.4, -0.2) is 17.1 Å². The van der Waals surface area contributed by atoms with Crippen molar-refractivity contribution in [2.75, 3.05) is 12.4 Å². The van der Waals surface area contributed by atoms with Crippen molar-refractivity contribution in [1.29, 1.82) is 0 Å². The second-order valence-corrected chi connectivity index (χ2v) is 5.68. The minimum Gasteiger partial charge on any atom is -0.366 e. The molecule has 0 saturated heterocycles. The van der Waals surface area contributed by atoms with Crippen LogP contribution in [0.2, 0.25) is 0 Å². The smallest absolute Gasteiger partial charge is 0.170 e. The van der Waals surface area contributed by atoms with E-state index < -0.39 is 0 Å². The fourth-order valence-electron chi connectivity index (χ4n) is 1.72. The van der Waals surface area contributed by atoms with Crippen molar-refractivity contribution in [2.45, 2.75) is 18.8 Å². The first kappa shape index (κ1) is 10.9. The van der Waals surface area contributed by atoms with Crippen LogP contribution in [0.3, 0.4) is 0 Å². The summed E-state index contributed by atoms with van der Waals surface area (Å²) in [7, 11) is 1.81. The van der Waals surface area contributed by atoms with Crippen molar-refractivity contribution >= 4 is 44.6 Å². The van der Waals surface area contributed by atoms with Gasteiger partial charge in [0, 0.05) is 18.7 Å². The van der Waals surface area contributed by atoms with Crippen molar-refractivity contribution in [3.63, 3.8) is 0 Å². The molecule has 5 heteroatoms. The van der Waals surface area contributed by atoms with E-state index in [0.29, 0.717) is 5.11 Å². The Labute approximate surface area is 109 Å². The fourth-order valence-corrected chi connectivity index (χ4v) is 3.01. The number of nitrogens with zero attached hydrogens (tertiary/aromatic N) is 1. The van der Waals surface area contributed by atoms with Gasteiger partial charge in [-0.3, -0.25) is 0 Å². The van der Waals surface area contributed by atoms with Crippen molar-refractivity contribution in [2.24, 2.45) is 0 Å². The number of rotatable bonds is 2. The number of hydrogen-bond acceptors (Lipinski definition) is 3. The highest BCUT2D eigenvalue weighted by Crippen LogP contribution is 2.43. The highest BCUT2D eigenvalue weighted by molar-refractivity contribution is 7.80. The van der Waals surface area contributed by atoms with Gasteiger partial charge < -0.3 is 10.6 Å². The monoisotopic (exact) mass is 263 g/mol. The number of benzene rings is 1. The molecule has 1 aromatic heterocycles. The van der Waals surface area contributed by atoms with Gasteiger partial charge in [-0.05, 0) is 43.3 Å². The predicted molar refractivity (Wildman–Crippen MR) is 76.9 cm³/mol. The summed E-state index contributed by atoms with van der Waals surface area (Å²) < 4.78 is 1.23. The maximum Gasteiger partial charge on any atom is 0.170 e.